The van der Waals surface area contributed by atoms with E-state index in [1.165, 1.54) is 24.3 Å². The van der Waals surface area contributed by atoms with Crippen molar-refractivity contribution in [1.29, 1.82) is 0 Å². The van der Waals surface area contributed by atoms with Crippen molar-refractivity contribution in [2.45, 2.75) is 18.7 Å². The minimum absolute atomic E-state index is 0.0804. The standard InChI is InChI=1S/C14H13ClO3S/c1-10-3-8-14(11(2)9-10)18-19(16,17)13-6-4-12(15)5-7-13/h3-9H,1-2H3. The Balaban J connectivity index is 2.33. The third kappa shape index (κ3) is 3.28. The molecule has 0 amide bonds. The summed E-state index contributed by atoms with van der Waals surface area (Å²) in [5, 5.41) is 0.477. The number of hydrogen-bond donors (Lipinski definition) is 0. The number of aryl methyl sites for hydroxylation is 2. The third-order valence-electron chi connectivity index (χ3n) is 2.63. The van der Waals surface area contributed by atoms with Crippen molar-refractivity contribution in [3.8, 4) is 5.75 Å². The van der Waals surface area contributed by atoms with Crippen molar-refractivity contribution in [1.82, 2.24) is 0 Å². The van der Waals surface area contributed by atoms with E-state index >= 15 is 0 Å². The Kier molecular flexibility index (Phi) is 3.83. The van der Waals surface area contributed by atoms with Crippen molar-refractivity contribution in [2.24, 2.45) is 0 Å². The van der Waals surface area contributed by atoms with Crippen LogP contribution in [0.2, 0.25) is 5.02 Å². The van der Waals surface area contributed by atoms with Crippen LogP contribution in [0, 0.1) is 13.8 Å². The highest BCUT2D eigenvalue weighted by molar-refractivity contribution is 7.87. The molecule has 0 N–H and O–H groups in total. The molecule has 0 spiro atoms. The predicted molar refractivity (Wildman–Crippen MR) is 75.2 cm³/mol. The normalized spacial score (nSPS) is 11.3. The molecule has 0 aliphatic rings. The van der Waals surface area contributed by atoms with E-state index in [4.69, 9.17) is 15.8 Å². The van der Waals surface area contributed by atoms with E-state index in [0.717, 1.165) is 11.1 Å². The SMILES string of the molecule is Cc1ccc(OS(=O)(=O)c2ccc(Cl)cc2)c(C)c1. The molecular formula is C14H13ClO3S. The lowest BCUT2D eigenvalue weighted by molar-refractivity contribution is 0.484. The van der Waals surface area contributed by atoms with Gasteiger partial charge in [0.2, 0.25) is 0 Å². The van der Waals surface area contributed by atoms with E-state index in [2.05, 4.69) is 0 Å². The van der Waals surface area contributed by atoms with Crippen LogP contribution in [0.15, 0.2) is 47.4 Å². The van der Waals surface area contributed by atoms with Gasteiger partial charge in [0.15, 0.2) is 0 Å². The first-order chi connectivity index (χ1) is 8.88. The van der Waals surface area contributed by atoms with Crippen LogP contribution >= 0.6 is 11.6 Å². The fraction of sp³-hybridized carbons (Fsp3) is 0.143. The average Bonchev–Trinajstić information content (AvgIpc) is 2.33. The highest BCUT2D eigenvalue weighted by Gasteiger charge is 2.17. The molecule has 0 aliphatic carbocycles. The fourth-order valence-corrected chi connectivity index (χ4v) is 2.78. The molecule has 2 aromatic rings. The summed E-state index contributed by atoms with van der Waals surface area (Å²) in [5.41, 5.74) is 1.83. The first-order valence-electron chi connectivity index (χ1n) is 5.66. The Labute approximate surface area is 117 Å². The number of halogens is 1. The van der Waals surface area contributed by atoms with Crippen molar-refractivity contribution in [3.63, 3.8) is 0 Å². The van der Waals surface area contributed by atoms with E-state index in [-0.39, 0.29) is 4.90 Å². The van der Waals surface area contributed by atoms with Crippen LogP contribution in [-0.4, -0.2) is 8.42 Å². The molecule has 0 aliphatic heterocycles. The number of rotatable bonds is 3. The molecule has 0 bridgehead atoms. The third-order valence-corrected chi connectivity index (χ3v) is 4.13. The summed E-state index contributed by atoms with van der Waals surface area (Å²) in [5.74, 6) is 0.334. The molecule has 0 saturated carbocycles. The highest BCUT2D eigenvalue weighted by atomic mass is 35.5. The van der Waals surface area contributed by atoms with Gasteiger partial charge in [0.05, 0.1) is 0 Å². The molecule has 5 heteroatoms. The van der Waals surface area contributed by atoms with Gasteiger partial charge in [-0.15, -0.1) is 0 Å². The van der Waals surface area contributed by atoms with Gasteiger partial charge in [-0.1, -0.05) is 29.3 Å². The molecular weight excluding hydrogens is 284 g/mol. The van der Waals surface area contributed by atoms with Gasteiger partial charge in [-0.05, 0) is 49.7 Å². The second-order valence-corrected chi connectivity index (χ2v) is 6.24. The Bertz CT molecular complexity index is 691. The Morgan fingerprint density at radius 3 is 2.21 bits per heavy atom. The van der Waals surface area contributed by atoms with Crippen LogP contribution < -0.4 is 4.18 Å². The van der Waals surface area contributed by atoms with Crippen molar-refractivity contribution < 1.29 is 12.6 Å². The van der Waals surface area contributed by atoms with Gasteiger partial charge in [-0.25, -0.2) is 0 Å². The molecule has 2 aromatic carbocycles. The van der Waals surface area contributed by atoms with Crippen LogP contribution in [0.4, 0.5) is 0 Å². The average molecular weight is 297 g/mol. The van der Waals surface area contributed by atoms with Crippen molar-refractivity contribution >= 4 is 21.7 Å². The van der Waals surface area contributed by atoms with Crippen LogP contribution in [0.25, 0.3) is 0 Å². The summed E-state index contributed by atoms with van der Waals surface area (Å²) in [7, 11) is -3.82. The zero-order valence-electron chi connectivity index (χ0n) is 10.6. The molecule has 0 unspecified atom stereocenters. The van der Waals surface area contributed by atoms with Crippen LogP contribution in [0.5, 0.6) is 5.75 Å². The molecule has 0 radical (unpaired) electrons. The maximum absolute atomic E-state index is 12.1. The monoisotopic (exact) mass is 296 g/mol. The lowest BCUT2D eigenvalue weighted by Gasteiger charge is -2.10. The maximum Gasteiger partial charge on any atom is 0.339 e. The Hall–Kier alpha value is -1.52. The van der Waals surface area contributed by atoms with Gasteiger partial charge < -0.3 is 4.18 Å². The van der Waals surface area contributed by atoms with Gasteiger partial charge in [0.25, 0.3) is 0 Å². The van der Waals surface area contributed by atoms with E-state index in [1.54, 1.807) is 19.1 Å². The molecule has 3 nitrogen and oxygen atoms in total. The minimum atomic E-state index is -3.82. The van der Waals surface area contributed by atoms with Crippen LogP contribution in [0.1, 0.15) is 11.1 Å². The maximum atomic E-state index is 12.1. The summed E-state index contributed by atoms with van der Waals surface area (Å²) in [6.45, 7) is 3.74. The zero-order chi connectivity index (χ0) is 14.0. The molecule has 2 rings (SSSR count). The molecule has 0 aromatic heterocycles. The van der Waals surface area contributed by atoms with Gasteiger partial charge >= 0.3 is 10.1 Å². The molecule has 0 fully saturated rings. The minimum Gasteiger partial charge on any atom is -0.379 e. The van der Waals surface area contributed by atoms with Gasteiger partial charge in [0.1, 0.15) is 10.6 Å². The molecule has 0 atom stereocenters. The zero-order valence-corrected chi connectivity index (χ0v) is 12.1. The first kappa shape index (κ1) is 13.9. The summed E-state index contributed by atoms with van der Waals surface area (Å²) in [6.07, 6.45) is 0. The number of benzene rings is 2. The van der Waals surface area contributed by atoms with Gasteiger partial charge in [-0.2, -0.15) is 8.42 Å². The summed E-state index contributed by atoms with van der Waals surface area (Å²) in [4.78, 5) is 0.0804. The number of hydrogen-bond acceptors (Lipinski definition) is 3. The second kappa shape index (κ2) is 5.23. The summed E-state index contributed by atoms with van der Waals surface area (Å²) < 4.78 is 29.3. The second-order valence-electron chi connectivity index (χ2n) is 4.26. The molecule has 19 heavy (non-hydrogen) atoms. The van der Waals surface area contributed by atoms with E-state index < -0.39 is 10.1 Å². The van der Waals surface area contributed by atoms with E-state index in [1.807, 2.05) is 13.0 Å². The molecule has 0 heterocycles. The van der Waals surface area contributed by atoms with Gasteiger partial charge in [-0.3, -0.25) is 0 Å². The van der Waals surface area contributed by atoms with Crippen LogP contribution in [0.3, 0.4) is 0 Å². The fourth-order valence-electron chi connectivity index (χ4n) is 1.66. The highest BCUT2D eigenvalue weighted by Crippen LogP contribution is 2.24. The van der Waals surface area contributed by atoms with E-state index in [0.29, 0.717) is 10.8 Å². The first-order valence-corrected chi connectivity index (χ1v) is 7.44. The van der Waals surface area contributed by atoms with E-state index in [9.17, 15) is 8.42 Å². The molecule has 100 valence electrons. The van der Waals surface area contributed by atoms with Crippen molar-refractivity contribution in [2.75, 3.05) is 0 Å². The summed E-state index contributed by atoms with van der Waals surface area (Å²) >= 11 is 5.73. The largest absolute Gasteiger partial charge is 0.379 e. The summed E-state index contributed by atoms with van der Waals surface area (Å²) in [6, 6.07) is 11.2. The quantitative estimate of drug-likeness (QED) is 0.811. The van der Waals surface area contributed by atoms with Crippen molar-refractivity contribution in [3.05, 3.63) is 58.6 Å². The Morgan fingerprint density at radius 1 is 1.00 bits per heavy atom. The smallest absolute Gasteiger partial charge is 0.339 e. The predicted octanol–water partition coefficient (Wildman–Crippen LogP) is 3.72. The van der Waals surface area contributed by atoms with Crippen LogP contribution in [-0.2, 0) is 10.1 Å². The topological polar surface area (TPSA) is 43.4 Å². The lowest BCUT2D eigenvalue weighted by Crippen LogP contribution is -2.10. The Morgan fingerprint density at radius 2 is 1.63 bits per heavy atom. The lowest BCUT2D eigenvalue weighted by atomic mass is 10.1. The van der Waals surface area contributed by atoms with Gasteiger partial charge in [0, 0.05) is 5.02 Å². The molecule has 0 saturated heterocycles.